The summed E-state index contributed by atoms with van der Waals surface area (Å²) in [5.74, 6) is -1.99. The van der Waals surface area contributed by atoms with E-state index >= 15 is 4.39 Å². The van der Waals surface area contributed by atoms with Crippen LogP contribution in [0.5, 0.6) is 0 Å². The van der Waals surface area contributed by atoms with Gasteiger partial charge in [0, 0.05) is 10.0 Å². The van der Waals surface area contributed by atoms with Gasteiger partial charge in [0.05, 0.1) is 23.3 Å². The summed E-state index contributed by atoms with van der Waals surface area (Å²) in [7, 11) is 0. The molecule has 1 atom stereocenters. The third kappa shape index (κ3) is 3.45. The van der Waals surface area contributed by atoms with Crippen LogP contribution in [-0.4, -0.2) is 23.5 Å². The molecule has 1 amide bonds. The molecule has 0 saturated carbocycles. The number of nitrogens with zero attached hydrogens (tertiary/aromatic N) is 2. The first kappa shape index (κ1) is 22.4. The smallest absolute Gasteiger partial charge is 0.350 e. The molecule has 0 fully saturated rings. The SMILES string of the molecule is CCOC(=O)c1sc(N2C(=O)c3oc4ccc(Br)cc4c(=O)c3C2c2ccccc2F)nc1C. The number of amides is 1. The van der Waals surface area contributed by atoms with E-state index in [0.717, 1.165) is 11.3 Å². The van der Waals surface area contributed by atoms with E-state index in [-0.39, 0.29) is 44.5 Å². The van der Waals surface area contributed by atoms with E-state index in [9.17, 15) is 14.4 Å². The van der Waals surface area contributed by atoms with E-state index in [1.807, 2.05) is 0 Å². The average molecular weight is 543 g/mol. The number of ether oxygens (including phenoxy) is 1. The number of anilines is 1. The largest absolute Gasteiger partial charge is 0.462 e. The lowest BCUT2D eigenvalue weighted by molar-refractivity contribution is 0.0531. The zero-order chi connectivity index (χ0) is 24.1. The molecule has 0 bridgehead atoms. The van der Waals surface area contributed by atoms with E-state index in [2.05, 4.69) is 20.9 Å². The molecule has 0 N–H and O–H groups in total. The molecule has 2 aromatic heterocycles. The molecule has 1 aliphatic rings. The Labute approximate surface area is 204 Å². The molecule has 5 rings (SSSR count). The molecule has 2 aromatic carbocycles. The lowest BCUT2D eigenvalue weighted by atomic mass is 9.98. The minimum atomic E-state index is -1.12. The number of carbonyl (C=O) groups is 2. The predicted octanol–water partition coefficient (Wildman–Crippen LogP) is 5.39. The fourth-order valence-corrected chi connectivity index (χ4v) is 5.35. The molecule has 4 aromatic rings. The third-order valence-corrected chi connectivity index (χ3v) is 7.11. The molecule has 10 heteroatoms. The highest BCUT2D eigenvalue weighted by atomic mass is 79.9. The van der Waals surface area contributed by atoms with Crippen LogP contribution in [0.25, 0.3) is 11.0 Å². The molecule has 172 valence electrons. The van der Waals surface area contributed by atoms with Crippen molar-refractivity contribution < 1.29 is 23.1 Å². The number of aryl methyl sites for hydroxylation is 1. The Morgan fingerprint density at radius 3 is 2.76 bits per heavy atom. The van der Waals surface area contributed by atoms with Gasteiger partial charge in [-0.2, -0.15) is 0 Å². The Hall–Kier alpha value is -3.37. The third-order valence-electron chi connectivity index (χ3n) is 5.48. The summed E-state index contributed by atoms with van der Waals surface area (Å²) in [6.07, 6.45) is 0. The van der Waals surface area contributed by atoms with Gasteiger partial charge in [-0.05, 0) is 38.1 Å². The number of halogens is 2. The van der Waals surface area contributed by atoms with Gasteiger partial charge in [0.2, 0.25) is 5.76 Å². The van der Waals surface area contributed by atoms with E-state index in [1.54, 1.807) is 38.1 Å². The van der Waals surface area contributed by atoms with Crippen molar-refractivity contribution in [2.24, 2.45) is 0 Å². The van der Waals surface area contributed by atoms with Crippen molar-refractivity contribution in [2.75, 3.05) is 11.5 Å². The number of carbonyl (C=O) groups excluding carboxylic acids is 2. The van der Waals surface area contributed by atoms with Crippen molar-refractivity contribution in [1.82, 2.24) is 4.98 Å². The molecule has 0 spiro atoms. The molecule has 1 aliphatic heterocycles. The van der Waals surface area contributed by atoms with E-state index in [0.29, 0.717) is 10.2 Å². The van der Waals surface area contributed by atoms with Crippen LogP contribution in [-0.2, 0) is 4.74 Å². The van der Waals surface area contributed by atoms with Crippen LogP contribution in [0.3, 0.4) is 0 Å². The highest BCUT2D eigenvalue weighted by molar-refractivity contribution is 9.10. The highest BCUT2D eigenvalue weighted by Crippen LogP contribution is 2.43. The number of aromatic nitrogens is 1. The predicted molar refractivity (Wildman–Crippen MR) is 128 cm³/mol. The first-order valence-corrected chi connectivity index (χ1v) is 11.9. The lowest BCUT2D eigenvalue weighted by Gasteiger charge is -2.22. The monoisotopic (exact) mass is 542 g/mol. The topological polar surface area (TPSA) is 89.7 Å². The van der Waals surface area contributed by atoms with Gasteiger partial charge in [0.15, 0.2) is 10.6 Å². The highest BCUT2D eigenvalue weighted by Gasteiger charge is 2.46. The molecule has 7 nitrogen and oxygen atoms in total. The van der Waals surface area contributed by atoms with E-state index < -0.39 is 29.2 Å². The Morgan fingerprint density at radius 1 is 1.26 bits per heavy atom. The number of fused-ring (bicyclic) bond motifs is 2. The van der Waals surface area contributed by atoms with Gasteiger partial charge in [-0.3, -0.25) is 14.5 Å². The van der Waals surface area contributed by atoms with Crippen LogP contribution in [0.2, 0.25) is 0 Å². The number of benzene rings is 2. The van der Waals surface area contributed by atoms with Gasteiger partial charge in [0.25, 0.3) is 5.91 Å². The van der Waals surface area contributed by atoms with Crippen LogP contribution in [0.1, 0.15) is 50.0 Å². The van der Waals surface area contributed by atoms with Crippen molar-refractivity contribution in [3.05, 3.63) is 90.4 Å². The van der Waals surface area contributed by atoms with Crippen molar-refractivity contribution in [3.8, 4) is 0 Å². The summed E-state index contributed by atoms with van der Waals surface area (Å²) >= 11 is 4.29. The second-order valence-electron chi connectivity index (χ2n) is 7.55. The van der Waals surface area contributed by atoms with Crippen LogP contribution in [0.15, 0.2) is 56.1 Å². The standard InChI is InChI=1S/C24H16BrFN2O5S/c1-3-32-23(31)21-11(2)27-24(34-21)28-18(13-6-4-5-7-15(13)26)17-19(29)14-10-12(25)8-9-16(14)33-20(17)22(28)30/h4-10,18H,3H2,1-2H3. The zero-order valence-electron chi connectivity index (χ0n) is 17.9. The summed E-state index contributed by atoms with van der Waals surface area (Å²) < 4.78 is 26.6. The van der Waals surface area contributed by atoms with Crippen molar-refractivity contribution >= 4 is 55.2 Å². The van der Waals surface area contributed by atoms with E-state index in [1.165, 1.54) is 23.1 Å². The number of rotatable bonds is 4. The Kier molecular flexibility index (Phi) is 5.57. The van der Waals surface area contributed by atoms with Crippen molar-refractivity contribution in [1.29, 1.82) is 0 Å². The summed E-state index contributed by atoms with van der Waals surface area (Å²) in [5.41, 5.74) is 0.286. The van der Waals surface area contributed by atoms with E-state index in [4.69, 9.17) is 9.15 Å². The molecule has 1 unspecified atom stereocenters. The second-order valence-corrected chi connectivity index (χ2v) is 9.44. The number of esters is 1. The number of hydrogen-bond donors (Lipinski definition) is 0. The zero-order valence-corrected chi connectivity index (χ0v) is 20.3. The molecule has 0 radical (unpaired) electrons. The minimum absolute atomic E-state index is 0.0197. The van der Waals surface area contributed by atoms with Crippen LogP contribution in [0, 0.1) is 12.7 Å². The molecular formula is C24H16BrFN2O5S. The Bertz CT molecular complexity index is 1550. The molecule has 0 aliphatic carbocycles. The summed E-state index contributed by atoms with van der Waals surface area (Å²) in [4.78, 5) is 45.4. The van der Waals surface area contributed by atoms with Crippen LogP contribution >= 0.6 is 27.3 Å². The van der Waals surface area contributed by atoms with Gasteiger partial charge in [-0.25, -0.2) is 14.2 Å². The maximum absolute atomic E-state index is 15.0. The first-order chi connectivity index (χ1) is 16.3. The Morgan fingerprint density at radius 2 is 2.03 bits per heavy atom. The van der Waals surface area contributed by atoms with Crippen LogP contribution < -0.4 is 10.3 Å². The summed E-state index contributed by atoms with van der Waals surface area (Å²) in [5, 5.41) is 0.390. The number of thiazole rings is 1. The minimum Gasteiger partial charge on any atom is -0.462 e. The average Bonchev–Trinajstić information content (AvgIpc) is 3.32. The molecular weight excluding hydrogens is 527 g/mol. The normalized spacial score (nSPS) is 15.1. The molecule has 0 saturated heterocycles. The fourth-order valence-electron chi connectivity index (χ4n) is 4.00. The number of hydrogen-bond acceptors (Lipinski definition) is 7. The van der Waals surface area contributed by atoms with Gasteiger partial charge in [-0.1, -0.05) is 45.5 Å². The first-order valence-electron chi connectivity index (χ1n) is 10.3. The Balaban J connectivity index is 1.77. The fraction of sp³-hybridized carbons (Fsp3) is 0.167. The summed E-state index contributed by atoms with van der Waals surface area (Å²) in [6, 6.07) is 9.66. The lowest BCUT2D eigenvalue weighted by Crippen LogP contribution is -2.30. The quantitative estimate of drug-likeness (QED) is 0.321. The molecule has 3 heterocycles. The van der Waals surface area contributed by atoms with Gasteiger partial charge in [-0.15, -0.1) is 0 Å². The van der Waals surface area contributed by atoms with Gasteiger partial charge >= 0.3 is 5.97 Å². The van der Waals surface area contributed by atoms with Crippen molar-refractivity contribution in [3.63, 3.8) is 0 Å². The second kappa shape index (κ2) is 8.44. The molecule has 34 heavy (non-hydrogen) atoms. The summed E-state index contributed by atoms with van der Waals surface area (Å²) in [6.45, 7) is 3.48. The van der Waals surface area contributed by atoms with Gasteiger partial charge in [0.1, 0.15) is 22.3 Å². The maximum atomic E-state index is 15.0. The van der Waals surface area contributed by atoms with Crippen LogP contribution in [0.4, 0.5) is 9.52 Å². The van der Waals surface area contributed by atoms with Crippen molar-refractivity contribution in [2.45, 2.75) is 19.9 Å². The van der Waals surface area contributed by atoms with Gasteiger partial charge < -0.3 is 9.15 Å². The maximum Gasteiger partial charge on any atom is 0.350 e.